The number of hydrogen-bond donors (Lipinski definition) is 1. The molecule has 0 aliphatic rings. The zero-order chi connectivity index (χ0) is 26.6. The van der Waals surface area contributed by atoms with Gasteiger partial charge in [0.2, 0.25) is 0 Å². The predicted molar refractivity (Wildman–Crippen MR) is 147 cm³/mol. The third kappa shape index (κ3) is 5.39. The number of hydrogen-bond acceptors (Lipinski definition) is 7. The summed E-state index contributed by atoms with van der Waals surface area (Å²) in [6, 6.07) is 25.1. The van der Waals surface area contributed by atoms with Crippen LogP contribution in [0.5, 0.6) is 0 Å². The Bertz CT molecular complexity index is 1730. The predicted octanol–water partition coefficient (Wildman–Crippen LogP) is 4.65. The van der Waals surface area contributed by atoms with Crippen LogP contribution in [0.1, 0.15) is 39.9 Å². The summed E-state index contributed by atoms with van der Waals surface area (Å²) in [6.45, 7) is 3.38. The van der Waals surface area contributed by atoms with Gasteiger partial charge in [-0.05, 0) is 69.8 Å². The molecule has 6 rings (SSSR count). The number of rotatable bonds is 9. The quantitative estimate of drug-likeness (QED) is 0.298. The fraction of sp³-hybridized carbons (Fsp3) is 0.167. The first-order valence-electron chi connectivity index (χ1n) is 12.7. The van der Waals surface area contributed by atoms with Crippen LogP contribution in [0.3, 0.4) is 0 Å². The van der Waals surface area contributed by atoms with Crippen molar-refractivity contribution >= 4 is 10.9 Å². The van der Waals surface area contributed by atoms with Crippen molar-refractivity contribution in [3.8, 4) is 0 Å². The van der Waals surface area contributed by atoms with Gasteiger partial charge in [0.1, 0.15) is 11.8 Å². The zero-order valence-electron chi connectivity index (χ0n) is 21.4. The van der Waals surface area contributed by atoms with Gasteiger partial charge >= 0.3 is 0 Å². The summed E-state index contributed by atoms with van der Waals surface area (Å²) in [5, 5.41) is 13.8. The lowest BCUT2D eigenvalue weighted by atomic mass is 10.0. The number of aromatic nitrogens is 6. The van der Waals surface area contributed by atoms with Gasteiger partial charge in [0.05, 0.1) is 19.4 Å². The number of aromatic amines is 1. The maximum absolute atomic E-state index is 13.7. The maximum Gasteiger partial charge on any atom is 0.253 e. The number of tetrazole rings is 1. The molecule has 39 heavy (non-hydrogen) atoms. The first-order valence-corrected chi connectivity index (χ1v) is 12.7. The number of fused-ring (bicyclic) bond motifs is 1. The molecule has 2 aromatic carbocycles. The van der Waals surface area contributed by atoms with Crippen molar-refractivity contribution in [3.63, 3.8) is 0 Å². The number of furan rings is 1. The highest BCUT2D eigenvalue weighted by atomic mass is 16.3. The summed E-state index contributed by atoms with van der Waals surface area (Å²) in [5.41, 5.74) is 4.26. The molecule has 0 radical (unpaired) electrons. The standard InChI is InChI=1S/C30H27N7O2/c1-21-11-12-24-16-26(30(38)32-27(24)15-21)28(29-33-34-35-37(29)19-22-7-3-2-4-8-22)36(20-25-10-6-14-39-25)18-23-9-5-13-31-17-23/h2-17,28H,18-20H2,1H3,(H,32,38)/t28-/m0/s1. The third-order valence-corrected chi connectivity index (χ3v) is 6.72. The number of H-pyrrole nitrogens is 1. The van der Waals surface area contributed by atoms with Crippen LogP contribution in [0, 0.1) is 6.92 Å². The maximum atomic E-state index is 13.7. The Labute approximate surface area is 224 Å². The number of benzene rings is 2. The lowest BCUT2D eigenvalue weighted by molar-refractivity contribution is 0.179. The first-order chi connectivity index (χ1) is 19.1. The summed E-state index contributed by atoms with van der Waals surface area (Å²) in [4.78, 5) is 23.3. The lowest BCUT2D eigenvalue weighted by Crippen LogP contribution is -2.35. The minimum absolute atomic E-state index is 0.192. The molecule has 4 heterocycles. The second-order valence-electron chi connectivity index (χ2n) is 9.57. The van der Waals surface area contributed by atoms with Gasteiger partial charge in [0.15, 0.2) is 5.82 Å². The number of nitrogens with one attached hydrogen (secondary N) is 1. The summed E-state index contributed by atoms with van der Waals surface area (Å²) >= 11 is 0. The highest BCUT2D eigenvalue weighted by Gasteiger charge is 2.31. The van der Waals surface area contributed by atoms with Crippen LogP contribution in [0.15, 0.2) is 107 Å². The molecule has 4 aromatic heterocycles. The molecule has 0 saturated heterocycles. The van der Waals surface area contributed by atoms with E-state index in [0.29, 0.717) is 31.0 Å². The monoisotopic (exact) mass is 517 g/mol. The second-order valence-corrected chi connectivity index (χ2v) is 9.57. The van der Waals surface area contributed by atoms with E-state index in [-0.39, 0.29) is 5.56 Å². The van der Waals surface area contributed by atoms with Crippen molar-refractivity contribution in [2.45, 2.75) is 32.6 Å². The Kier molecular flexibility index (Phi) is 6.80. The smallest absolute Gasteiger partial charge is 0.253 e. The topological polar surface area (TPSA) is 106 Å². The molecule has 0 unspecified atom stereocenters. The van der Waals surface area contributed by atoms with Gasteiger partial charge in [-0.2, -0.15) is 0 Å². The van der Waals surface area contributed by atoms with Crippen LogP contribution < -0.4 is 5.56 Å². The Balaban J connectivity index is 1.52. The molecule has 0 fully saturated rings. The molecule has 1 N–H and O–H groups in total. The second kappa shape index (κ2) is 10.8. The van der Waals surface area contributed by atoms with Gasteiger partial charge < -0.3 is 9.40 Å². The van der Waals surface area contributed by atoms with E-state index < -0.39 is 6.04 Å². The largest absolute Gasteiger partial charge is 0.468 e. The van der Waals surface area contributed by atoms with Crippen LogP contribution >= 0.6 is 0 Å². The average molecular weight is 518 g/mol. The van der Waals surface area contributed by atoms with Crippen molar-refractivity contribution in [2.24, 2.45) is 0 Å². The molecule has 0 bridgehead atoms. The number of pyridine rings is 2. The van der Waals surface area contributed by atoms with Crippen molar-refractivity contribution in [2.75, 3.05) is 0 Å². The van der Waals surface area contributed by atoms with E-state index in [1.165, 1.54) is 0 Å². The summed E-state index contributed by atoms with van der Waals surface area (Å²) in [7, 11) is 0. The third-order valence-electron chi connectivity index (χ3n) is 6.72. The Morgan fingerprint density at radius 2 is 1.85 bits per heavy atom. The van der Waals surface area contributed by atoms with Crippen LogP contribution in [-0.2, 0) is 19.6 Å². The van der Waals surface area contributed by atoms with Crippen molar-refractivity contribution in [3.05, 3.63) is 142 Å². The summed E-state index contributed by atoms with van der Waals surface area (Å²) in [5.74, 6) is 1.32. The Hall–Kier alpha value is -4.89. The van der Waals surface area contributed by atoms with Gasteiger partial charge in [0, 0.05) is 30.0 Å². The van der Waals surface area contributed by atoms with Crippen molar-refractivity contribution in [1.29, 1.82) is 0 Å². The summed E-state index contributed by atoms with van der Waals surface area (Å²) in [6.07, 6.45) is 5.22. The van der Waals surface area contributed by atoms with E-state index in [9.17, 15) is 4.79 Å². The zero-order valence-corrected chi connectivity index (χ0v) is 21.4. The van der Waals surface area contributed by atoms with Gasteiger partial charge in [-0.1, -0.05) is 48.5 Å². The molecule has 1 atom stereocenters. The van der Waals surface area contributed by atoms with E-state index in [4.69, 9.17) is 4.42 Å². The van der Waals surface area contributed by atoms with Crippen LogP contribution in [0.2, 0.25) is 0 Å². The number of aryl methyl sites for hydroxylation is 1. The van der Waals surface area contributed by atoms with Gasteiger partial charge in [-0.25, -0.2) is 4.68 Å². The molecule has 9 nitrogen and oxygen atoms in total. The minimum Gasteiger partial charge on any atom is -0.468 e. The van der Waals surface area contributed by atoms with Crippen LogP contribution in [-0.4, -0.2) is 35.1 Å². The molecule has 9 heteroatoms. The molecular formula is C30H27N7O2. The van der Waals surface area contributed by atoms with E-state index in [0.717, 1.165) is 33.4 Å². The van der Waals surface area contributed by atoms with E-state index in [1.54, 1.807) is 17.1 Å². The molecule has 0 spiro atoms. The highest BCUT2D eigenvalue weighted by Crippen LogP contribution is 2.30. The average Bonchev–Trinajstić information content (AvgIpc) is 3.63. The molecular weight excluding hydrogens is 490 g/mol. The Morgan fingerprint density at radius 1 is 0.974 bits per heavy atom. The van der Waals surface area contributed by atoms with Crippen molar-refractivity contribution in [1.82, 2.24) is 35.1 Å². The molecule has 0 saturated carbocycles. The van der Waals surface area contributed by atoms with E-state index in [1.807, 2.05) is 92.0 Å². The van der Waals surface area contributed by atoms with E-state index in [2.05, 4.69) is 30.4 Å². The van der Waals surface area contributed by atoms with Gasteiger partial charge in [-0.15, -0.1) is 5.10 Å². The molecule has 0 aliphatic carbocycles. The van der Waals surface area contributed by atoms with Gasteiger partial charge in [-0.3, -0.25) is 14.7 Å². The summed E-state index contributed by atoms with van der Waals surface area (Å²) < 4.78 is 7.50. The molecule has 0 amide bonds. The SMILES string of the molecule is Cc1ccc2cc([C@@H](c3nnnn3Cc3ccccc3)N(Cc3cccnc3)Cc3ccco3)c(=O)[nH]c2c1. The lowest BCUT2D eigenvalue weighted by Gasteiger charge is -2.30. The van der Waals surface area contributed by atoms with E-state index >= 15 is 0 Å². The minimum atomic E-state index is -0.580. The van der Waals surface area contributed by atoms with Crippen LogP contribution in [0.4, 0.5) is 0 Å². The number of nitrogens with zero attached hydrogens (tertiary/aromatic N) is 6. The fourth-order valence-corrected chi connectivity index (χ4v) is 4.88. The fourth-order valence-electron chi connectivity index (χ4n) is 4.88. The molecule has 194 valence electrons. The molecule has 0 aliphatic heterocycles. The first kappa shape index (κ1) is 24.4. The van der Waals surface area contributed by atoms with Gasteiger partial charge in [0.25, 0.3) is 5.56 Å². The highest BCUT2D eigenvalue weighted by molar-refractivity contribution is 5.79. The normalized spacial score (nSPS) is 12.3. The van der Waals surface area contributed by atoms with Crippen LogP contribution in [0.25, 0.3) is 10.9 Å². The van der Waals surface area contributed by atoms with Crippen molar-refractivity contribution < 1.29 is 4.42 Å². The Morgan fingerprint density at radius 3 is 2.64 bits per heavy atom. The molecule has 6 aromatic rings.